The summed E-state index contributed by atoms with van der Waals surface area (Å²) in [6, 6.07) is 9.92. The van der Waals surface area contributed by atoms with Crippen molar-refractivity contribution >= 4 is 39.2 Å². The number of nitrogens with zero attached hydrogens (tertiary/aromatic N) is 2. The molecule has 2 heterocycles. The Labute approximate surface area is 149 Å². The van der Waals surface area contributed by atoms with Gasteiger partial charge in [0.15, 0.2) is 0 Å². The van der Waals surface area contributed by atoms with Crippen LogP contribution in [-0.4, -0.2) is 21.1 Å². The van der Waals surface area contributed by atoms with E-state index in [1.165, 1.54) is 22.2 Å². The van der Waals surface area contributed by atoms with Crippen LogP contribution in [0, 0.1) is 13.8 Å². The number of hydrogen-bond acceptors (Lipinski definition) is 5. The Kier molecular flexibility index (Phi) is 5.16. The minimum absolute atomic E-state index is 0.0141. The van der Waals surface area contributed by atoms with E-state index in [9.17, 15) is 4.79 Å². The predicted octanol–water partition coefficient (Wildman–Crippen LogP) is 4.11. The van der Waals surface area contributed by atoms with E-state index in [2.05, 4.69) is 29.1 Å². The molecule has 1 aromatic carbocycles. The fourth-order valence-electron chi connectivity index (χ4n) is 2.39. The first-order valence-corrected chi connectivity index (χ1v) is 9.45. The van der Waals surface area contributed by atoms with E-state index < -0.39 is 0 Å². The molecule has 124 valence electrons. The van der Waals surface area contributed by atoms with Crippen LogP contribution in [0.4, 0.5) is 0 Å². The van der Waals surface area contributed by atoms with Crippen molar-refractivity contribution in [1.82, 2.24) is 15.3 Å². The standard InChI is InChI=1S/C18H19N3OS2/c1-11-12(2)23-17-15(11)18(21-10-20-17)24-13(3)16(22)19-9-14-7-5-4-6-8-14/h4-8,10,13H,9H2,1-3H3,(H,19,22). The molecule has 1 amide bonds. The van der Waals surface area contributed by atoms with Gasteiger partial charge in [0.1, 0.15) is 16.2 Å². The number of aromatic nitrogens is 2. The van der Waals surface area contributed by atoms with Gasteiger partial charge in [0.2, 0.25) is 5.91 Å². The fourth-order valence-corrected chi connectivity index (χ4v) is 4.45. The van der Waals surface area contributed by atoms with Crippen LogP contribution < -0.4 is 5.32 Å². The molecule has 4 nitrogen and oxygen atoms in total. The Morgan fingerprint density at radius 3 is 2.75 bits per heavy atom. The van der Waals surface area contributed by atoms with E-state index in [0.29, 0.717) is 6.54 Å². The highest BCUT2D eigenvalue weighted by atomic mass is 32.2. The largest absolute Gasteiger partial charge is 0.351 e. The predicted molar refractivity (Wildman–Crippen MR) is 100 cm³/mol. The number of hydrogen-bond donors (Lipinski definition) is 1. The van der Waals surface area contributed by atoms with Gasteiger partial charge in [-0.05, 0) is 31.9 Å². The average molecular weight is 358 g/mol. The highest BCUT2D eigenvalue weighted by Crippen LogP contribution is 2.35. The maximum absolute atomic E-state index is 12.4. The highest BCUT2D eigenvalue weighted by Gasteiger charge is 2.19. The first-order valence-electron chi connectivity index (χ1n) is 7.75. The van der Waals surface area contributed by atoms with E-state index in [1.807, 2.05) is 37.3 Å². The van der Waals surface area contributed by atoms with Crippen molar-refractivity contribution in [1.29, 1.82) is 0 Å². The van der Waals surface area contributed by atoms with Crippen molar-refractivity contribution < 1.29 is 4.79 Å². The van der Waals surface area contributed by atoms with E-state index in [-0.39, 0.29) is 11.2 Å². The molecule has 0 saturated heterocycles. The van der Waals surface area contributed by atoms with Crippen molar-refractivity contribution in [3.8, 4) is 0 Å². The van der Waals surface area contributed by atoms with Crippen LogP contribution >= 0.6 is 23.1 Å². The first-order chi connectivity index (χ1) is 11.6. The van der Waals surface area contributed by atoms with Crippen molar-refractivity contribution in [3.63, 3.8) is 0 Å². The van der Waals surface area contributed by atoms with Gasteiger partial charge in [-0.2, -0.15) is 0 Å². The molecule has 1 unspecified atom stereocenters. The molecule has 0 aliphatic carbocycles. The second-order valence-electron chi connectivity index (χ2n) is 5.61. The minimum Gasteiger partial charge on any atom is -0.351 e. The SMILES string of the molecule is Cc1sc2ncnc(SC(C)C(=O)NCc3ccccc3)c2c1C. The summed E-state index contributed by atoms with van der Waals surface area (Å²) in [4.78, 5) is 23.3. The third-order valence-electron chi connectivity index (χ3n) is 3.90. The van der Waals surface area contributed by atoms with Crippen molar-refractivity contribution in [2.75, 3.05) is 0 Å². The van der Waals surface area contributed by atoms with Crippen LogP contribution in [0.15, 0.2) is 41.7 Å². The molecule has 0 fully saturated rings. The lowest BCUT2D eigenvalue weighted by Crippen LogP contribution is -2.30. The van der Waals surface area contributed by atoms with Crippen molar-refractivity contribution in [3.05, 3.63) is 52.7 Å². The molecule has 0 bridgehead atoms. The van der Waals surface area contributed by atoms with Gasteiger partial charge in [-0.25, -0.2) is 9.97 Å². The van der Waals surface area contributed by atoms with E-state index >= 15 is 0 Å². The molecule has 3 aromatic rings. The van der Waals surface area contributed by atoms with Crippen LogP contribution in [0.1, 0.15) is 22.9 Å². The van der Waals surface area contributed by atoms with Gasteiger partial charge in [-0.3, -0.25) is 4.79 Å². The molecule has 1 atom stereocenters. The summed E-state index contributed by atoms with van der Waals surface area (Å²) in [6.45, 7) is 6.63. The zero-order chi connectivity index (χ0) is 17.1. The van der Waals surface area contributed by atoms with Gasteiger partial charge in [0.25, 0.3) is 0 Å². The Bertz CT molecular complexity index is 861. The van der Waals surface area contributed by atoms with E-state index in [4.69, 9.17) is 0 Å². The zero-order valence-electron chi connectivity index (χ0n) is 13.9. The van der Waals surface area contributed by atoms with Gasteiger partial charge in [0, 0.05) is 16.8 Å². The van der Waals surface area contributed by atoms with Gasteiger partial charge >= 0.3 is 0 Å². The summed E-state index contributed by atoms with van der Waals surface area (Å²) in [5, 5.41) is 4.73. The summed E-state index contributed by atoms with van der Waals surface area (Å²) >= 11 is 3.16. The number of rotatable bonds is 5. The quantitative estimate of drug-likeness (QED) is 0.552. The van der Waals surface area contributed by atoms with E-state index in [0.717, 1.165) is 20.8 Å². The first kappa shape index (κ1) is 16.9. The van der Waals surface area contributed by atoms with Crippen LogP contribution in [0.3, 0.4) is 0 Å². The van der Waals surface area contributed by atoms with Crippen LogP contribution in [0.25, 0.3) is 10.2 Å². The van der Waals surface area contributed by atoms with Crippen LogP contribution in [-0.2, 0) is 11.3 Å². The van der Waals surface area contributed by atoms with Crippen molar-refractivity contribution in [2.45, 2.75) is 37.6 Å². The Balaban J connectivity index is 1.70. The number of thioether (sulfide) groups is 1. The Hall–Kier alpha value is -1.92. The maximum atomic E-state index is 12.4. The molecule has 0 spiro atoms. The summed E-state index contributed by atoms with van der Waals surface area (Å²) in [5.74, 6) is 0.0141. The average Bonchev–Trinajstić information content (AvgIpc) is 2.89. The molecular weight excluding hydrogens is 338 g/mol. The van der Waals surface area contributed by atoms with Gasteiger partial charge in [-0.1, -0.05) is 42.1 Å². The molecule has 0 aliphatic rings. The molecule has 2 aromatic heterocycles. The van der Waals surface area contributed by atoms with Gasteiger partial charge in [-0.15, -0.1) is 11.3 Å². The smallest absolute Gasteiger partial charge is 0.233 e. The normalized spacial score (nSPS) is 12.3. The summed E-state index contributed by atoms with van der Waals surface area (Å²) < 4.78 is 0. The lowest BCUT2D eigenvalue weighted by atomic mass is 10.2. The lowest BCUT2D eigenvalue weighted by molar-refractivity contribution is -0.120. The molecule has 3 rings (SSSR count). The third kappa shape index (κ3) is 3.60. The highest BCUT2D eigenvalue weighted by molar-refractivity contribution is 8.00. The molecule has 0 saturated carbocycles. The molecule has 1 N–H and O–H groups in total. The lowest BCUT2D eigenvalue weighted by Gasteiger charge is -2.12. The molecular formula is C18H19N3OS2. The zero-order valence-corrected chi connectivity index (χ0v) is 15.5. The molecule has 0 radical (unpaired) electrons. The molecule has 0 aliphatic heterocycles. The fraction of sp³-hybridized carbons (Fsp3) is 0.278. The second kappa shape index (κ2) is 7.32. The number of nitrogens with one attached hydrogen (secondary N) is 1. The van der Waals surface area contributed by atoms with E-state index in [1.54, 1.807) is 17.7 Å². The summed E-state index contributed by atoms with van der Waals surface area (Å²) in [7, 11) is 0. The topological polar surface area (TPSA) is 54.9 Å². The Morgan fingerprint density at radius 1 is 1.25 bits per heavy atom. The number of amides is 1. The second-order valence-corrected chi connectivity index (χ2v) is 8.14. The van der Waals surface area contributed by atoms with Gasteiger partial charge < -0.3 is 5.32 Å². The number of thiophene rings is 1. The van der Waals surface area contributed by atoms with Crippen LogP contribution in [0.5, 0.6) is 0 Å². The number of benzene rings is 1. The Morgan fingerprint density at radius 2 is 2.00 bits per heavy atom. The number of aryl methyl sites for hydroxylation is 2. The number of fused-ring (bicyclic) bond motifs is 1. The number of carbonyl (C=O) groups excluding carboxylic acids is 1. The van der Waals surface area contributed by atoms with Gasteiger partial charge in [0.05, 0.1) is 5.25 Å². The summed E-state index contributed by atoms with van der Waals surface area (Å²) in [5.41, 5.74) is 2.30. The maximum Gasteiger partial charge on any atom is 0.233 e. The minimum atomic E-state index is -0.216. The van der Waals surface area contributed by atoms with Crippen molar-refractivity contribution in [2.24, 2.45) is 0 Å². The third-order valence-corrected chi connectivity index (χ3v) is 6.11. The number of carbonyl (C=O) groups is 1. The monoisotopic (exact) mass is 357 g/mol. The summed E-state index contributed by atoms with van der Waals surface area (Å²) in [6.07, 6.45) is 1.58. The molecule has 6 heteroatoms. The molecule has 24 heavy (non-hydrogen) atoms. The van der Waals surface area contributed by atoms with Crippen LogP contribution in [0.2, 0.25) is 0 Å².